The molecule has 0 saturated carbocycles. The number of fused-ring (bicyclic) bond motifs is 3. The van der Waals surface area contributed by atoms with E-state index in [4.69, 9.17) is 21.3 Å². The minimum atomic E-state index is -4.62. The van der Waals surface area contributed by atoms with Crippen molar-refractivity contribution in [3.05, 3.63) is 58.6 Å². The predicted octanol–water partition coefficient (Wildman–Crippen LogP) is 4.66. The quantitative estimate of drug-likeness (QED) is 0.366. The van der Waals surface area contributed by atoms with Crippen molar-refractivity contribution in [2.45, 2.75) is 19.1 Å². The molecule has 0 unspecified atom stereocenters. The van der Waals surface area contributed by atoms with Gasteiger partial charge in [-0.2, -0.15) is 13.2 Å². The van der Waals surface area contributed by atoms with E-state index in [1.165, 1.54) is 16.5 Å². The molecule has 5 rings (SSSR count). The molecule has 1 aromatic carbocycles. The second kappa shape index (κ2) is 9.10. The van der Waals surface area contributed by atoms with Gasteiger partial charge in [0.1, 0.15) is 10.8 Å². The van der Waals surface area contributed by atoms with Crippen molar-refractivity contribution in [3.8, 4) is 0 Å². The molecule has 1 aliphatic rings. The number of anilines is 2. The van der Waals surface area contributed by atoms with Gasteiger partial charge in [0.15, 0.2) is 11.4 Å². The van der Waals surface area contributed by atoms with E-state index in [1.54, 1.807) is 25.1 Å². The van der Waals surface area contributed by atoms with Crippen LogP contribution in [0.15, 0.2) is 36.5 Å². The summed E-state index contributed by atoms with van der Waals surface area (Å²) in [5.74, 6) is -0.931. The Bertz CT molecular complexity index is 1470. The average Bonchev–Trinajstić information content (AvgIpc) is 3.31. The van der Waals surface area contributed by atoms with Crippen LogP contribution in [-0.4, -0.2) is 56.7 Å². The second-order valence-electron chi connectivity index (χ2n) is 8.27. The van der Waals surface area contributed by atoms with Crippen molar-refractivity contribution in [1.82, 2.24) is 19.4 Å². The first-order valence-electron chi connectivity index (χ1n) is 11.0. The largest absolute Gasteiger partial charge is 0.476 e. The molecule has 0 amide bonds. The molecule has 3 aromatic heterocycles. The fourth-order valence-electron chi connectivity index (χ4n) is 4.24. The monoisotopic (exact) mass is 520 g/mol. The molecule has 0 aliphatic carbocycles. The number of ether oxygens (including phenoxy) is 1. The van der Waals surface area contributed by atoms with Crippen LogP contribution >= 0.6 is 11.6 Å². The topological polar surface area (TPSA) is 105 Å². The van der Waals surface area contributed by atoms with E-state index in [1.807, 2.05) is 4.90 Å². The number of carbonyl (C=O) groups is 1. The van der Waals surface area contributed by atoms with Crippen molar-refractivity contribution in [1.29, 1.82) is 0 Å². The highest BCUT2D eigenvalue weighted by molar-refractivity contribution is 6.29. The van der Waals surface area contributed by atoms with Crippen LogP contribution in [0.3, 0.4) is 0 Å². The lowest BCUT2D eigenvalue weighted by Gasteiger charge is -2.29. The minimum absolute atomic E-state index is 0.0368. The molecule has 13 heteroatoms. The van der Waals surface area contributed by atoms with Crippen LogP contribution in [0.1, 0.15) is 34.7 Å². The summed E-state index contributed by atoms with van der Waals surface area (Å²) in [6, 6.07) is 7.63. The number of aromatic nitrogens is 4. The van der Waals surface area contributed by atoms with Crippen LogP contribution < -0.4 is 10.2 Å². The SMILES string of the molecule is C[C@@H](Nc1ccc(Cl)nc1C(=O)O)c1cccc2c1nc(N1CCOCC1)n1cc(C(F)(F)F)nc21. The number of rotatable bonds is 5. The van der Waals surface area contributed by atoms with Crippen LogP contribution in [0.4, 0.5) is 24.8 Å². The molecule has 4 aromatic rings. The molecule has 9 nitrogen and oxygen atoms in total. The number of morpholine rings is 1. The fourth-order valence-corrected chi connectivity index (χ4v) is 4.39. The number of hydrogen-bond acceptors (Lipinski definition) is 7. The molecule has 1 fully saturated rings. The number of pyridine rings is 1. The lowest BCUT2D eigenvalue weighted by atomic mass is 10.0. The first kappa shape index (κ1) is 24.1. The molecular formula is C23H20ClF3N6O3. The summed E-state index contributed by atoms with van der Waals surface area (Å²) in [7, 11) is 0. The van der Waals surface area contributed by atoms with E-state index >= 15 is 0 Å². The maximum Gasteiger partial charge on any atom is 0.434 e. The number of alkyl halides is 3. The Kier molecular flexibility index (Phi) is 6.08. The summed E-state index contributed by atoms with van der Waals surface area (Å²) < 4.78 is 47.5. The molecule has 188 valence electrons. The summed E-state index contributed by atoms with van der Waals surface area (Å²) >= 11 is 5.86. The zero-order valence-electron chi connectivity index (χ0n) is 18.9. The second-order valence-corrected chi connectivity index (χ2v) is 8.66. The van der Waals surface area contributed by atoms with Gasteiger partial charge in [-0.15, -0.1) is 0 Å². The molecule has 0 bridgehead atoms. The lowest BCUT2D eigenvalue weighted by molar-refractivity contribution is -0.140. The molecule has 0 radical (unpaired) electrons. The van der Waals surface area contributed by atoms with Gasteiger partial charge in [-0.25, -0.2) is 19.7 Å². The molecular weight excluding hydrogens is 501 g/mol. The van der Waals surface area contributed by atoms with Gasteiger partial charge in [0.05, 0.1) is 30.5 Å². The number of carboxylic acid groups (broad SMARTS) is 1. The standard InChI is InChI=1S/C23H20ClF3N6O3/c1-12(28-15-5-6-17(24)30-19(15)21(34)35)13-3-2-4-14-18(13)31-22(32-7-9-36-10-8-32)33-11-16(23(25,26)27)29-20(14)33/h2-6,11-12,28H,7-10H2,1H3,(H,34,35)/t12-/m1/s1. The summed E-state index contributed by atoms with van der Waals surface area (Å²) in [6.45, 7) is 3.55. The first-order valence-corrected chi connectivity index (χ1v) is 11.4. The molecule has 1 saturated heterocycles. The number of aromatic carboxylic acids is 1. The zero-order valence-corrected chi connectivity index (χ0v) is 19.6. The normalized spacial score (nSPS) is 15.4. The highest BCUT2D eigenvalue weighted by Crippen LogP contribution is 2.35. The van der Waals surface area contributed by atoms with Crippen molar-refractivity contribution in [2.75, 3.05) is 36.5 Å². The first-order chi connectivity index (χ1) is 17.1. The van der Waals surface area contributed by atoms with Crippen LogP contribution in [0.5, 0.6) is 0 Å². The number of nitrogens with zero attached hydrogens (tertiary/aromatic N) is 5. The molecule has 1 atom stereocenters. The third kappa shape index (κ3) is 4.37. The number of imidazole rings is 1. The Labute approximate surface area is 207 Å². The van der Waals surface area contributed by atoms with E-state index in [0.717, 1.165) is 6.20 Å². The summed E-state index contributed by atoms with van der Waals surface area (Å²) in [5.41, 5.74) is 0.202. The smallest absolute Gasteiger partial charge is 0.434 e. The summed E-state index contributed by atoms with van der Waals surface area (Å²) in [4.78, 5) is 26.1. The Morgan fingerprint density at radius 2 is 1.92 bits per heavy atom. The lowest BCUT2D eigenvalue weighted by Crippen LogP contribution is -2.38. The maximum atomic E-state index is 13.6. The molecule has 1 aliphatic heterocycles. The van der Waals surface area contributed by atoms with Crippen LogP contribution in [0.25, 0.3) is 16.6 Å². The van der Waals surface area contributed by atoms with Gasteiger partial charge in [-0.05, 0) is 25.1 Å². The summed E-state index contributed by atoms with van der Waals surface area (Å²) in [6.07, 6.45) is -3.67. The van der Waals surface area contributed by atoms with E-state index in [2.05, 4.69) is 15.3 Å². The Hall–Kier alpha value is -3.64. The van der Waals surface area contributed by atoms with Gasteiger partial charge < -0.3 is 20.1 Å². The Morgan fingerprint density at radius 1 is 1.17 bits per heavy atom. The van der Waals surface area contributed by atoms with Gasteiger partial charge in [-0.1, -0.05) is 23.7 Å². The van der Waals surface area contributed by atoms with Gasteiger partial charge >= 0.3 is 12.1 Å². The average molecular weight is 521 g/mol. The number of hydrogen-bond donors (Lipinski definition) is 2. The van der Waals surface area contributed by atoms with Crippen LogP contribution in [0.2, 0.25) is 5.15 Å². The highest BCUT2D eigenvalue weighted by atomic mass is 35.5. The van der Waals surface area contributed by atoms with Gasteiger partial charge in [0.2, 0.25) is 5.95 Å². The number of para-hydroxylation sites is 1. The van der Waals surface area contributed by atoms with Crippen molar-refractivity contribution in [2.24, 2.45) is 0 Å². The number of benzene rings is 1. The Balaban J connectivity index is 1.67. The Morgan fingerprint density at radius 3 is 2.61 bits per heavy atom. The number of nitrogens with one attached hydrogen (secondary N) is 1. The third-order valence-corrected chi connectivity index (χ3v) is 6.14. The van der Waals surface area contributed by atoms with Crippen LogP contribution in [-0.2, 0) is 10.9 Å². The maximum absolute atomic E-state index is 13.6. The number of halogens is 4. The third-order valence-electron chi connectivity index (χ3n) is 5.93. The molecule has 0 spiro atoms. The fraction of sp³-hybridized carbons (Fsp3) is 0.304. The van der Waals surface area contributed by atoms with Crippen molar-refractivity contribution in [3.63, 3.8) is 0 Å². The van der Waals surface area contributed by atoms with E-state index in [0.29, 0.717) is 48.7 Å². The van der Waals surface area contributed by atoms with Gasteiger partial charge in [0.25, 0.3) is 0 Å². The zero-order chi connectivity index (χ0) is 25.6. The van der Waals surface area contributed by atoms with E-state index in [-0.39, 0.29) is 22.2 Å². The van der Waals surface area contributed by atoms with Crippen molar-refractivity contribution >= 4 is 45.8 Å². The van der Waals surface area contributed by atoms with Crippen LogP contribution in [0, 0.1) is 0 Å². The molecule has 4 heterocycles. The number of carboxylic acids is 1. The predicted molar refractivity (Wildman–Crippen MR) is 127 cm³/mol. The van der Waals surface area contributed by atoms with E-state index < -0.39 is 23.9 Å². The van der Waals surface area contributed by atoms with Crippen molar-refractivity contribution < 1.29 is 27.8 Å². The minimum Gasteiger partial charge on any atom is -0.476 e. The van der Waals surface area contributed by atoms with E-state index in [9.17, 15) is 23.1 Å². The van der Waals surface area contributed by atoms with Gasteiger partial charge in [0, 0.05) is 30.2 Å². The van der Waals surface area contributed by atoms with Gasteiger partial charge in [-0.3, -0.25) is 4.40 Å². The highest BCUT2D eigenvalue weighted by Gasteiger charge is 2.35. The molecule has 36 heavy (non-hydrogen) atoms. The molecule has 2 N–H and O–H groups in total. The summed E-state index contributed by atoms with van der Waals surface area (Å²) in [5, 5.41) is 13.1.